The fourth-order valence-electron chi connectivity index (χ4n) is 2.55. The molecule has 2 atom stereocenters. The molecule has 0 aromatic heterocycles. The third-order valence-electron chi connectivity index (χ3n) is 3.54. The molecule has 0 aromatic carbocycles. The monoisotopic (exact) mass is 241 g/mol. The Morgan fingerprint density at radius 2 is 2.19 bits per heavy atom. The maximum Gasteiger partial charge on any atom is 0.0594 e. The maximum absolute atomic E-state index is 5.36. The lowest BCUT2D eigenvalue weighted by Crippen LogP contribution is -2.37. The summed E-state index contributed by atoms with van der Waals surface area (Å²) < 4.78 is 5.36. The molecule has 2 nitrogen and oxygen atoms in total. The zero-order chi connectivity index (χ0) is 11.4. The molecule has 3 heteroatoms. The first-order valence-electron chi connectivity index (χ1n) is 6.41. The number of rotatable bonds is 4. The standard InChI is InChI=1S/C13H23NOS/c1-11-10-13(12(2)16-11)4-3-5-14-6-8-15-9-7-14/h10,12-13H,3-9H2,1-2H3. The van der Waals surface area contributed by atoms with Crippen LogP contribution < -0.4 is 0 Å². The Kier molecular flexibility index (Phi) is 4.74. The number of ether oxygens (including phenoxy) is 1. The summed E-state index contributed by atoms with van der Waals surface area (Å²) in [6.07, 6.45) is 5.15. The lowest BCUT2D eigenvalue weighted by atomic mass is 9.99. The highest BCUT2D eigenvalue weighted by atomic mass is 32.2. The number of morpholine rings is 1. The third-order valence-corrected chi connectivity index (χ3v) is 4.77. The quantitative estimate of drug-likeness (QED) is 0.751. The van der Waals surface area contributed by atoms with Crippen LogP contribution >= 0.6 is 11.8 Å². The molecule has 2 unspecified atom stereocenters. The van der Waals surface area contributed by atoms with E-state index in [2.05, 4.69) is 24.8 Å². The molecule has 0 amide bonds. The first kappa shape index (κ1) is 12.5. The number of nitrogens with zero attached hydrogens (tertiary/aromatic N) is 1. The van der Waals surface area contributed by atoms with Crippen molar-refractivity contribution in [2.24, 2.45) is 5.92 Å². The smallest absolute Gasteiger partial charge is 0.0594 e. The minimum atomic E-state index is 0.796. The fourth-order valence-corrected chi connectivity index (χ4v) is 3.78. The molecule has 0 aromatic rings. The molecule has 0 saturated carbocycles. The van der Waals surface area contributed by atoms with Crippen molar-refractivity contribution in [1.29, 1.82) is 0 Å². The fraction of sp³-hybridized carbons (Fsp3) is 0.846. The predicted octanol–water partition coefficient (Wildman–Crippen LogP) is 2.75. The number of hydrogen-bond acceptors (Lipinski definition) is 3. The van der Waals surface area contributed by atoms with Crippen LogP contribution in [0.2, 0.25) is 0 Å². The van der Waals surface area contributed by atoms with Gasteiger partial charge in [-0.05, 0) is 37.1 Å². The molecule has 92 valence electrons. The first-order valence-corrected chi connectivity index (χ1v) is 7.29. The molecule has 0 radical (unpaired) electrons. The van der Waals surface area contributed by atoms with Crippen molar-refractivity contribution >= 4 is 11.8 Å². The van der Waals surface area contributed by atoms with E-state index in [1.54, 1.807) is 0 Å². The van der Waals surface area contributed by atoms with Gasteiger partial charge >= 0.3 is 0 Å². The maximum atomic E-state index is 5.36. The van der Waals surface area contributed by atoms with Gasteiger partial charge in [0.2, 0.25) is 0 Å². The molecule has 16 heavy (non-hydrogen) atoms. The van der Waals surface area contributed by atoms with Gasteiger partial charge in [0.05, 0.1) is 13.2 Å². The Labute approximate surface area is 103 Å². The molecule has 0 bridgehead atoms. The minimum absolute atomic E-state index is 0.796. The second kappa shape index (κ2) is 6.08. The van der Waals surface area contributed by atoms with Crippen molar-refractivity contribution in [3.8, 4) is 0 Å². The highest BCUT2D eigenvalue weighted by molar-refractivity contribution is 8.03. The topological polar surface area (TPSA) is 12.5 Å². The normalized spacial score (nSPS) is 31.8. The number of allylic oxidation sites excluding steroid dienone is 2. The Hall–Kier alpha value is 0.0100. The summed E-state index contributed by atoms with van der Waals surface area (Å²) in [7, 11) is 0. The highest BCUT2D eigenvalue weighted by Crippen LogP contribution is 2.37. The van der Waals surface area contributed by atoms with Crippen LogP contribution in [0.25, 0.3) is 0 Å². The molecule has 2 rings (SSSR count). The first-order chi connectivity index (χ1) is 7.75. The van der Waals surface area contributed by atoms with Crippen LogP contribution in [-0.2, 0) is 4.74 Å². The van der Waals surface area contributed by atoms with E-state index in [0.717, 1.165) is 37.5 Å². The van der Waals surface area contributed by atoms with E-state index in [1.807, 2.05) is 11.8 Å². The molecular weight excluding hydrogens is 218 g/mol. The second-order valence-electron chi connectivity index (χ2n) is 4.86. The van der Waals surface area contributed by atoms with Crippen LogP contribution in [0.5, 0.6) is 0 Å². The van der Waals surface area contributed by atoms with E-state index in [0.29, 0.717) is 0 Å². The van der Waals surface area contributed by atoms with Gasteiger partial charge in [0.15, 0.2) is 0 Å². The Balaban J connectivity index is 1.64. The average molecular weight is 241 g/mol. The van der Waals surface area contributed by atoms with Crippen LogP contribution in [-0.4, -0.2) is 43.0 Å². The molecule has 0 aliphatic carbocycles. The summed E-state index contributed by atoms with van der Waals surface area (Å²) in [5.41, 5.74) is 0. The van der Waals surface area contributed by atoms with Gasteiger partial charge in [-0.3, -0.25) is 4.90 Å². The molecule has 0 N–H and O–H groups in total. The van der Waals surface area contributed by atoms with E-state index in [1.165, 1.54) is 24.3 Å². The number of thioether (sulfide) groups is 1. The average Bonchev–Trinajstić information content (AvgIpc) is 2.59. The van der Waals surface area contributed by atoms with Gasteiger partial charge in [-0.2, -0.15) is 0 Å². The van der Waals surface area contributed by atoms with Crippen molar-refractivity contribution in [2.75, 3.05) is 32.8 Å². The van der Waals surface area contributed by atoms with E-state index >= 15 is 0 Å². The molecule has 2 aliphatic rings. The summed E-state index contributed by atoms with van der Waals surface area (Å²) in [6.45, 7) is 9.96. The predicted molar refractivity (Wildman–Crippen MR) is 70.8 cm³/mol. The molecule has 1 saturated heterocycles. The zero-order valence-corrected chi connectivity index (χ0v) is 11.3. The van der Waals surface area contributed by atoms with Crippen LogP contribution in [0.3, 0.4) is 0 Å². The van der Waals surface area contributed by atoms with Crippen LogP contribution in [0.15, 0.2) is 11.0 Å². The van der Waals surface area contributed by atoms with Crippen molar-refractivity contribution in [1.82, 2.24) is 4.90 Å². The Morgan fingerprint density at radius 3 is 2.81 bits per heavy atom. The number of hydrogen-bond donors (Lipinski definition) is 0. The SMILES string of the molecule is CC1=CC(CCCN2CCOCC2)C(C)S1. The van der Waals surface area contributed by atoms with E-state index in [9.17, 15) is 0 Å². The Bertz CT molecular complexity index is 248. The van der Waals surface area contributed by atoms with E-state index < -0.39 is 0 Å². The summed E-state index contributed by atoms with van der Waals surface area (Å²) >= 11 is 2.04. The van der Waals surface area contributed by atoms with Crippen molar-refractivity contribution < 1.29 is 4.74 Å². The zero-order valence-electron chi connectivity index (χ0n) is 10.4. The van der Waals surface area contributed by atoms with Gasteiger partial charge in [-0.25, -0.2) is 0 Å². The van der Waals surface area contributed by atoms with Crippen LogP contribution in [0.1, 0.15) is 26.7 Å². The lowest BCUT2D eigenvalue weighted by molar-refractivity contribution is 0.0369. The van der Waals surface area contributed by atoms with Gasteiger partial charge in [-0.1, -0.05) is 13.0 Å². The molecule has 1 fully saturated rings. The van der Waals surface area contributed by atoms with E-state index in [4.69, 9.17) is 4.74 Å². The van der Waals surface area contributed by atoms with Gasteiger partial charge in [0.1, 0.15) is 0 Å². The van der Waals surface area contributed by atoms with Gasteiger partial charge in [0, 0.05) is 18.3 Å². The van der Waals surface area contributed by atoms with Crippen molar-refractivity contribution in [2.45, 2.75) is 31.9 Å². The molecular formula is C13H23NOS. The lowest BCUT2D eigenvalue weighted by Gasteiger charge is -2.27. The van der Waals surface area contributed by atoms with Gasteiger partial charge in [0.25, 0.3) is 0 Å². The van der Waals surface area contributed by atoms with Crippen molar-refractivity contribution in [3.05, 3.63) is 11.0 Å². The van der Waals surface area contributed by atoms with E-state index in [-0.39, 0.29) is 0 Å². The van der Waals surface area contributed by atoms with Crippen molar-refractivity contribution in [3.63, 3.8) is 0 Å². The highest BCUT2D eigenvalue weighted by Gasteiger charge is 2.22. The minimum Gasteiger partial charge on any atom is -0.379 e. The third kappa shape index (κ3) is 3.51. The van der Waals surface area contributed by atoms with Crippen LogP contribution in [0.4, 0.5) is 0 Å². The molecule has 2 heterocycles. The van der Waals surface area contributed by atoms with Gasteiger partial charge in [-0.15, -0.1) is 11.8 Å². The summed E-state index contributed by atoms with van der Waals surface area (Å²) in [5.74, 6) is 0.811. The summed E-state index contributed by atoms with van der Waals surface area (Å²) in [5, 5.41) is 0.796. The largest absolute Gasteiger partial charge is 0.379 e. The Morgan fingerprint density at radius 1 is 1.44 bits per heavy atom. The van der Waals surface area contributed by atoms with Gasteiger partial charge < -0.3 is 4.74 Å². The molecule has 0 spiro atoms. The summed E-state index contributed by atoms with van der Waals surface area (Å²) in [6, 6.07) is 0. The second-order valence-corrected chi connectivity index (χ2v) is 6.48. The summed E-state index contributed by atoms with van der Waals surface area (Å²) in [4.78, 5) is 4.05. The molecule has 2 aliphatic heterocycles. The van der Waals surface area contributed by atoms with Crippen LogP contribution in [0, 0.1) is 5.92 Å².